The number of esters is 1. The molecule has 0 aromatic rings. The van der Waals surface area contributed by atoms with Crippen molar-refractivity contribution in [1.29, 1.82) is 0 Å². The normalized spacial score (nSPS) is 13.9. The van der Waals surface area contributed by atoms with E-state index in [1.54, 1.807) is 0 Å². The van der Waals surface area contributed by atoms with Gasteiger partial charge in [-0.1, -0.05) is 135 Å². The van der Waals surface area contributed by atoms with Gasteiger partial charge in [0, 0.05) is 13.0 Å². The summed E-state index contributed by atoms with van der Waals surface area (Å²) in [5.41, 5.74) is 0. The molecule has 0 aliphatic heterocycles. The van der Waals surface area contributed by atoms with E-state index >= 15 is 0 Å². The maximum absolute atomic E-state index is 12.1. The average molecular weight is 647 g/mol. The van der Waals surface area contributed by atoms with Crippen LogP contribution in [0.5, 0.6) is 0 Å². The first kappa shape index (κ1) is 43.8. The molecule has 1 N–H and O–H groups in total. The molecule has 0 aliphatic carbocycles. The molecule has 1 atom stereocenters. The summed E-state index contributed by atoms with van der Waals surface area (Å²) >= 11 is 0. The molecule has 0 bridgehead atoms. The fourth-order valence-electron chi connectivity index (χ4n) is 4.16. The number of allylic oxidation sites excluding steroid dienone is 20. The summed E-state index contributed by atoms with van der Waals surface area (Å²) in [6.07, 6.45) is 58.2. The maximum Gasteiger partial charge on any atom is 0.306 e. The molecule has 0 rings (SSSR count). The zero-order valence-corrected chi connectivity index (χ0v) is 29.7. The number of ether oxygens (including phenoxy) is 2. The summed E-state index contributed by atoms with van der Waals surface area (Å²) in [5, 5.41) is 9.54. The molecule has 0 radical (unpaired) electrons. The average Bonchev–Trinajstić information content (AvgIpc) is 3.08. The molecule has 4 nitrogen and oxygen atoms in total. The van der Waals surface area contributed by atoms with Crippen LogP contribution >= 0.6 is 0 Å². The van der Waals surface area contributed by atoms with E-state index in [2.05, 4.69) is 135 Å². The van der Waals surface area contributed by atoms with Crippen LogP contribution in [0.4, 0.5) is 0 Å². The largest absolute Gasteiger partial charge is 0.457 e. The second kappa shape index (κ2) is 39.0. The van der Waals surface area contributed by atoms with Crippen molar-refractivity contribution in [3.63, 3.8) is 0 Å². The molecule has 1 unspecified atom stereocenters. The summed E-state index contributed by atoms with van der Waals surface area (Å²) in [5.74, 6) is -0.268. The highest BCUT2D eigenvalue weighted by Gasteiger charge is 2.13. The Morgan fingerprint density at radius 1 is 0.511 bits per heavy atom. The highest BCUT2D eigenvalue weighted by Crippen LogP contribution is 2.06. The van der Waals surface area contributed by atoms with Gasteiger partial charge in [-0.15, -0.1) is 0 Å². The number of rotatable bonds is 31. The molecule has 262 valence electrons. The predicted molar refractivity (Wildman–Crippen MR) is 204 cm³/mol. The van der Waals surface area contributed by atoms with Gasteiger partial charge in [0.05, 0.1) is 13.2 Å². The Hall–Kier alpha value is -3.21. The molecular formula is C43H66O4. The van der Waals surface area contributed by atoms with Crippen molar-refractivity contribution >= 4 is 5.97 Å². The summed E-state index contributed by atoms with van der Waals surface area (Å²) < 4.78 is 11.0. The lowest BCUT2D eigenvalue weighted by atomic mass is 10.2. The Kier molecular flexibility index (Phi) is 36.3. The second-order valence-corrected chi connectivity index (χ2v) is 11.2. The Balaban J connectivity index is 3.71. The van der Waals surface area contributed by atoms with Crippen LogP contribution in [0.1, 0.15) is 117 Å². The molecule has 47 heavy (non-hydrogen) atoms. The second-order valence-electron chi connectivity index (χ2n) is 11.2. The Morgan fingerprint density at radius 3 is 1.26 bits per heavy atom. The maximum atomic E-state index is 12.1. The first-order valence-electron chi connectivity index (χ1n) is 18.1. The van der Waals surface area contributed by atoms with Crippen LogP contribution in [-0.2, 0) is 14.3 Å². The molecule has 0 aromatic heterocycles. The van der Waals surface area contributed by atoms with E-state index in [4.69, 9.17) is 9.47 Å². The van der Waals surface area contributed by atoms with Crippen molar-refractivity contribution < 1.29 is 19.4 Å². The fraction of sp³-hybridized carbons (Fsp3) is 0.512. The molecule has 0 saturated heterocycles. The van der Waals surface area contributed by atoms with Gasteiger partial charge >= 0.3 is 5.97 Å². The van der Waals surface area contributed by atoms with Crippen LogP contribution in [-0.4, -0.2) is 37.0 Å². The zero-order chi connectivity index (χ0) is 34.1. The third-order valence-corrected chi connectivity index (χ3v) is 6.78. The summed E-state index contributed by atoms with van der Waals surface area (Å²) in [4.78, 5) is 12.1. The number of hydrogen-bond acceptors (Lipinski definition) is 4. The van der Waals surface area contributed by atoms with Crippen LogP contribution in [0, 0.1) is 0 Å². The number of hydrogen-bond donors (Lipinski definition) is 1. The third-order valence-electron chi connectivity index (χ3n) is 6.78. The van der Waals surface area contributed by atoms with E-state index in [1.165, 1.54) is 0 Å². The highest BCUT2D eigenvalue weighted by molar-refractivity contribution is 5.69. The topological polar surface area (TPSA) is 55.8 Å². The molecule has 0 amide bonds. The molecule has 4 heteroatoms. The van der Waals surface area contributed by atoms with E-state index in [0.29, 0.717) is 13.0 Å². The lowest BCUT2D eigenvalue weighted by Gasteiger charge is -2.15. The van der Waals surface area contributed by atoms with Gasteiger partial charge in [0.2, 0.25) is 0 Å². The minimum atomic E-state index is -0.595. The molecule has 0 saturated carbocycles. The van der Waals surface area contributed by atoms with Gasteiger partial charge in [-0.2, -0.15) is 0 Å². The van der Waals surface area contributed by atoms with Gasteiger partial charge in [0.15, 0.2) is 0 Å². The summed E-state index contributed by atoms with van der Waals surface area (Å²) in [6.45, 7) is 4.89. The zero-order valence-electron chi connectivity index (χ0n) is 29.7. The van der Waals surface area contributed by atoms with Crippen molar-refractivity contribution in [2.45, 2.75) is 123 Å². The number of aliphatic hydroxyl groups excluding tert-OH is 1. The van der Waals surface area contributed by atoms with Crippen LogP contribution in [0.3, 0.4) is 0 Å². The first-order valence-corrected chi connectivity index (χ1v) is 18.1. The molecule has 0 aromatic carbocycles. The lowest BCUT2D eigenvalue weighted by molar-refractivity contribution is -0.154. The smallest absolute Gasteiger partial charge is 0.306 e. The van der Waals surface area contributed by atoms with E-state index in [9.17, 15) is 9.90 Å². The predicted octanol–water partition coefficient (Wildman–Crippen LogP) is 11.8. The molecule has 0 fully saturated rings. The van der Waals surface area contributed by atoms with Crippen molar-refractivity contribution in [3.05, 3.63) is 122 Å². The fourth-order valence-corrected chi connectivity index (χ4v) is 4.16. The minimum absolute atomic E-state index is 0.221. The number of aliphatic hydroxyl groups is 1. The molecule has 0 heterocycles. The van der Waals surface area contributed by atoms with Crippen molar-refractivity contribution in [2.75, 3.05) is 19.8 Å². The number of unbranched alkanes of at least 4 members (excludes halogenated alkanes) is 3. The quantitative estimate of drug-likeness (QED) is 0.0462. The SMILES string of the molecule is CC/C=C\C/C=C\C/C=C\C/C=C\C/C=C\C/C=C\CCCOCC(CO)OC(=O)CCCC/C=C\C/C=C\C/C=C\C/C=C\CC. The van der Waals surface area contributed by atoms with Gasteiger partial charge < -0.3 is 14.6 Å². The summed E-state index contributed by atoms with van der Waals surface area (Å²) in [6, 6.07) is 0. The molecular weight excluding hydrogens is 580 g/mol. The minimum Gasteiger partial charge on any atom is -0.457 e. The Morgan fingerprint density at radius 2 is 0.872 bits per heavy atom. The van der Waals surface area contributed by atoms with Gasteiger partial charge in [-0.3, -0.25) is 4.79 Å². The monoisotopic (exact) mass is 646 g/mol. The lowest BCUT2D eigenvalue weighted by Crippen LogP contribution is -2.27. The van der Waals surface area contributed by atoms with Gasteiger partial charge in [-0.25, -0.2) is 0 Å². The van der Waals surface area contributed by atoms with Crippen molar-refractivity contribution in [3.8, 4) is 0 Å². The van der Waals surface area contributed by atoms with E-state index in [1.807, 2.05) is 0 Å². The van der Waals surface area contributed by atoms with Gasteiger partial charge in [0.25, 0.3) is 0 Å². The van der Waals surface area contributed by atoms with Crippen molar-refractivity contribution in [1.82, 2.24) is 0 Å². The highest BCUT2D eigenvalue weighted by atomic mass is 16.6. The summed E-state index contributed by atoms with van der Waals surface area (Å²) in [7, 11) is 0. The van der Waals surface area contributed by atoms with Gasteiger partial charge in [0.1, 0.15) is 6.10 Å². The third kappa shape index (κ3) is 37.1. The van der Waals surface area contributed by atoms with Crippen molar-refractivity contribution in [2.24, 2.45) is 0 Å². The standard InChI is InChI=1S/C43H66O4/c1-3-5-7-9-11-13-15-17-19-20-21-22-23-25-27-29-31-33-35-37-39-46-41-42(40-44)47-43(45)38-36-34-32-30-28-26-24-18-16-14-12-10-8-6-4-2/h5-8,11-14,17-19,21-22,24-25,27-28,30-31,33,42,44H,3-4,9-10,15-16,20,23,26,29,32,34-41H2,1-2H3/b7-5-,8-6-,13-11-,14-12-,19-17-,22-21-,24-18-,27-25-,30-28-,33-31-. The van der Waals surface area contributed by atoms with Gasteiger partial charge in [-0.05, 0) is 96.3 Å². The van der Waals surface area contributed by atoms with Crippen LogP contribution in [0.15, 0.2) is 122 Å². The van der Waals surface area contributed by atoms with E-state index in [0.717, 1.165) is 96.3 Å². The van der Waals surface area contributed by atoms with Crippen LogP contribution in [0.2, 0.25) is 0 Å². The van der Waals surface area contributed by atoms with Crippen LogP contribution in [0.25, 0.3) is 0 Å². The van der Waals surface area contributed by atoms with E-state index < -0.39 is 6.10 Å². The first-order chi connectivity index (χ1) is 23.2. The molecule has 0 spiro atoms. The van der Waals surface area contributed by atoms with Crippen LogP contribution < -0.4 is 0 Å². The molecule has 0 aliphatic rings. The number of carbonyl (C=O) groups is 1. The Labute approximate surface area is 288 Å². The number of carbonyl (C=O) groups excluding carboxylic acids is 1. The van der Waals surface area contributed by atoms with E-state index in [-0.39, 0.29) is 19.2 Å². The Bertz CT molecular complexity index is 987.